The molecule has 2 nitrogen and oxygen atoms in total. The van der Waals surface area contributed by atoms with Crippen molar-refractivity contribution in [3.05, 3.63) is 70.2 Å². The number of hydrogen-bond acceptors (Lipinski definition) is 1. The van der Waals surface area contributed by atoms with Crippen LogP contribution in [0, 0.1) is 6.92 Å². The molecule has 1 amide bonds. The minimum atomic E-state index is -0.136. The highest BCUT2D eigenvalue weighted by Gasteiger charge is 2.15. The SMILES string of the molecule is CCC(NC(=O)c1ccccc1Cl)c1ccc(C)cc1. The molecule has 0 saturated carbocycles. The van der Waals surface area contributed by atoms with Crippen LogP contribution < -0.4 is 5.32 Å². The zero-order valence-electron chi connectivity index (χ0n) is 11.7. The van der Waals surface area contributed by atoms with Gasteiger partial charge in [0.2, 0.25) is 0 Å². The Morgan fingerprint density at radius 2 is 1.80 bits per heavy atom. The predicted molar refractivity (Wildman–Crippen MR) is 83.1 cm³/mol. The summed E-state index contributed by atoms with van der Waals surface area (Å²) < 4.78 is 0. The standard InChI is InChI=1S/C17H18ClNO/c1-3-16(13-10-8-12(2)9-11-13)19-17(20)14-6-4-5-7-15(14)18/h4-11,16H,3H2,1-2H3,(H,19,20). The molecule has 2 aromatic carbocycles. The third-order valence-corrected chi connectivity index (χ3v) is 3.64. The van der Waals surface area contributed by atoms with Gasteiger partial charge in [0.1, 0.15) is 0 Å². The van der Waals surface area contributed by atoms with Crippen LogP contribution >= 0.6 is 11.6 Å². The molecule has 0 aliphatic carbocycles. The van der Waals surface area contributed by atoms with Crippen molar-refractivity contribution in [2.24, 2.45) is 0 Å². The van der Waals surface area contributed by atoms with E-state index in [9.17, 15) is 4.79 Å². The number of nitrogens with one attached hydrogen (secondary N) is 1. The molecule has 0 spiro atoms. The van der Waals surface area contributed by atoms with Crippen LogP contribution in [0.3, 0.4) is 0 Å². The van der Waals surface area contributed by atoms with Gasteiger partial charge in [-0.3, -0.25) is 4.79 Å². The first-order chi connectivity index (χ1) is 9.61. The van der Waals surface area contributed by atoms with Crippen LogP contribution in [-0.4, -0.2) is 5.91 Å². The summed E-state index contributed by atoms with van der Waals surface area (Å²) in [5, 5.41) is 3.51. The maximum atomic E-state index is 12.3. The monoisotopic (exact) mass is 287 g/mol. The smallest absolute Gasteiger partial charge is 0.253 e. The molecule has 1 atom stereocenters. The van der Waals surface area contributed by atoms with Crippen LogP contribution in [-0.2, 0) is 0 Å². The molecule has 1 N–H and O–H groups in total. The summed E-state index contributed by atoms with van der Waals surface area (Å²) in [6.07, 6.45) is 0.833. The Kier molecular flexibility index (Phi) is 4.80. The van der Waals surface area contributed by atoms with Crippen LogP contribution in [0.15, 0.2) is 48.5 Å². The molecule has 0 fully saturated rings. The van der Waals surface area contributed by atoms with Gasteiger partial charge in [0.05, 0.1) is 16.6 Å². The summed E-state index contributed by atoms with van der Waals surface area (Å²) in [5.41, 5.74) is 2.83. The lowest BCUT2D eigenvalue weighted by Crippen LogP contribution is -2.28. The van der Waals surface area contributed by atoms with E-state index in [1.165, 1.54) is 5.56 Å². The van der Waals surface area contributed by atoms with E-state index in [0.29, 0.717) is 10.6 Å². The number of aryl methyl sites for hydroxylation is 1. The zero-order chi connectivity index (χ0) is 14.5. The first-order valence-electron chi connectivity index (χ1n) is 6.73. The van der Waals surface area contributed by atoms with Gasteiger partial charge in [-0.15, -0.1) is 0 Å². The highest BCUT2D eigenvalue weighted by Crippen LogP contribution is 2.20. The number of carbonyl (C=O) groups is 1. The van der Waals surface area contributed by atoms with Crippen molar-refractivity contribution >= 4 is 17.5 Å². The number of carbonyl (C=O) groups excluding carboxylic acids is 1. The van der Waals surface area contributed by atoms with E-state index in [2.05, 4.69) is 36.5 Å². The van der Waals surface area contributed by atoms with E-state index in [1.54, 1.807) is 12.1 Å². The molecule has 104 valence electrons. The molecular weight excluding hydrogens is 270 g/mol. The van der Waals surface area contributed by atoms with Crippen LogP contribution in [0.5, 0.6) is 0 Å². The topological polar surface area (TPSA) is 29.1 Å². The predicted octanol–water partition coefficient (Wildman–Crippen LogP) is 4.53. The normalized spacial score (nSPS) is 11.9. The molecule has 0 aliphatic heterocycles. The number of hydrogen-bond donors (Lipinski definition) is 1. The molecule has 3 heteroatoms. The van der Waals surface area contributed by atoms with Crippen LogP contribution in [0.25, 0.3) is 0 Å². The molecule has 2 aromatic rings. The molecule has 0 bridgehead atoms. The Labute approximate surface area is 124 Å². The molecular formula is C17H18ClNO. The van der Waals surface area contributed by atoms with Crippen molar-refractivity contribution < 1.29 is 4.79 Å². The van der Waals surface area contributed by atoms with E-state index in [-0.39, 0.29) is 11.9 Å². The van der Waals surface area contributed by atoms with Crippen molar-refractivity contribution in [2.75, 3.05) is 0 Å². The second-order valence-corrected chi connectivity index (χ2v) is 5.23. The molecule has 0 heterocycles. The van der Waals surface area contributed by atoms with Crippen molar-refractivity contribution in [3.8, 4) is 0 Å². The van der Waals surface area contributed by atoms with Gasteiger partial charge in [0, 0.05) is 0 Å². The molecule has 2 rings (SSSR count). The van der Waals surface area contributed by atoms with E-state index >= 15 is 0 Å². The van der Waals surface area contributed by atoms with Crippen molar-refractivity contribution in [3.63, 3.8) is 0 Å². The molecule has 20 heavy (non-hydrogen) atoms. The third kappa shape index (κ3) is 3.40. The average molecular weight is 288 g/mol. The second-order valence-electron chi connectivity index (χ2n) is 4.82. The second kappa shape index (κ2) is 6.58. The highest BCUT2D eigenvalue weighted by molar-refractivity contribution is 6.33. The van der Waals surface area contributed by atoms with Gasteiger partial charge in [-0.05, 0) is 31.0 Å². The molecule has 1 unspecified atom stereocenters. The molecule has 0 aromatic heterocycles. The Balaban J connectivity index is 2.16. The van der Waals surface area contributed by atoms with Gasteiger partial charge < -0.3 is 5.32 Å². The highest BCUT2D eigenvalue weighted by atomic mass is 35.5. The largest absolute Gasteiger partial charge is 0.345 e. The maximum absolute atomic E-state index is 12.3. The minimum Gasteiger partial charge on any atom is -0.345 e. The fourth-order valence-corrected chi connectivity index (χ4v) is 2.32. The van der Waals surface area contributed by atoms with Crippen molar-refractivity contribution in [1.82, 2.24) is 5.32 Å². The van der Waals surface area contributed by atoms with Gasteiger partial charge in [0.25, 0.3) is 5.91 Å². The fraction of sp³-hybridized carbons (Fsp3) is 0.235. The summed E-state index contributed by atoms with van der Waals surface area (Å²) in [7, 11) is 0. The van der Waals surface area contributed by atoms with E-state index in [0.717, 1.165) is 12.0 Å². The third-order valence-electron chi connectivity index (χ3n) is 3.31. The summed E-state index contributed by atoms with van der Waals surface area (Å²) >= 11 is 6.05. The minimum absolute atomic E-state index is 0.000581. The first-order valence-corrected chi connectivity index (χ1v) is 7.11. The van der Waals surface area contributed by atoms with E-state index in [1.807, 2.05) is 19.1 Å². The summed E-state index contributed by atoms with van der Waals surface area (Å²) in [5.74, 6) is -0.136. The maximum Gasteiger partial charge on any atom is 0.253 e. The fourth-order valence-electron chi connectivity index (χ4n) is 2.10. The molecule has 0 aliphatic rings. The lowest BCUT2D eigenvalue weighted by atomic mass is 10.0. The summed E-state index contributed by atoms with van der Waals surface area (Å²) in [6.45, 7) is 4.10. The lowest BCUT2D eigenvalue weighted by molar-refractivity contribution is 0.0935. The molecule has 0 radical (unpaired) electrons. The van der Waals surface area contributed by atoms with E-state index in [4.69, 9.17) is 11.6 Å². The first kappa shape index (κ1) is 14.6. The number of amides is 1. The number of benzene rings is 2. The Bertz CT molecular complexity index is 592. The zero-order valence-corrected chi connectivity index (χ0v) is 12.4. The van der Waals surface area contributed by atoms with Crippen LogP contribution in [0.2, 0.25) is 5.02 Å². The lowest BCUT2D eigenvalue weighted by Gasteiger charge is -2.18. The number of halogens is 1. The Morgan fingerprint density at radius 1 is 1.15 bits per heavy atom. The number of rotatable bonds is 4. The van der Waals surface area contributed by atoms with Gasteiger partial charge in [-0.25, -0.2) is 0 Å². The summed E-state index contributed by atoms with van der Waals surface area (Å²) in [4.78, 5) is 12.3. The Hall–Kier alpha value is -1.80. The van der Waals surface area contributed by atoms with Crippen LogP contribution in [0.1, 0.15) is 40.9 Å². The molecule has 0 saturated heterocycles. The van der Waals surface area contributed by atoms with Crippen molar-refractivity contribution in [1.29, 1.82) is 0 Å². The van der Waals surface area contributed by atoms with Gasteiger partial charge in [-0.1, -0.05) is 60.5 Å². The van der Waals surface area contributed by atoms with Crippen molar-refractivity contribution in [2.45, 2.75) is 26.3 Å². The van der Waals surface area contributed by atoms with E-state index < -0.39 is 0 Å². The average Bonchev–Trinajstić information content (AvgIpc) is 2.46. The quantitative estimate of drug-likeness (QED) is 0.879. The van der Waals surface area contributed by atoms with Gasteiger partial charge >= 0.3 is 0 Å². The Morgan fingerprint density at radius 3 is 2.40 bits per heavy atom. The van der Waals surface area contributed by atoms with Crippen LogP contribution in [0.4, 0.5) is 0 Å². The van der Waals surface area contributed by atoms with Gasteiger partial charge in [-0.2, -0.15) is 0 Å². The van der Waals surface area contributed by atoms with Gasteiger partial charge in [0.15, 0.2) is 0 Å². The summed E-state index contributed by atoms with van der Waals surface area (Å²) in [6, 6.07) is 15.3.